The maximum absolute atomic E-state index is 4.25. The summed E-state index contributed by atoms with van der Waals surface area (Å²) in [6.07, 6.45) is 3.91. The van der Waals surface area contributed by atoms with Crippen molar-refractivity contribution in [2.45, 2.75) is 25.8 Å². The van der Waals surface area contributed by atoms with Crippen LogP contribution in [0.5, 0.6) is 0 Å². The average molecular weight is 274 g/mol. The van der Waals surface area contributed by atoms with E-state index in [2.05, 4.69) is 44.8 Å². The molecular weight excluding hydrogens is 248 g/mol. The summed E-state index contributed by atoms with van der Waals surface area (Å²) in [7, 11) is 1.82. The topological polar surface area (TPSA) is 39.7 Å². The fraction of sp³-hybridized carbons (Fsp3) is 0.562. The van der Waals surface area contributed by atoms with Gasteiger partial charge in [-0.3, -0.25) is 4.99 Å². The molecule has 1 aromatic rings. The van der Waals surface area contributed by atoms with E-state index in [4.69, 9.17) is 0 Å². The molecule has 2 N–H and O–H groups in total. The van der Waals surface area contributed by atoms with Crippen molar-refractivity contribution in [2.24, 2.45) is 4.99 Å². The fourth-order valence-corrected chi connectivity index (χ4v) is 2.52. The molecule has 4 nitrogen and oxygen atoms in total. The molecule has 2 rings (SSSR count). The predicted molar refractivity (Wildman–Crippen MR) is 84.9 cm³/mol. The molecule has 0 amide bonds. The fourth-order valence-electron chi connectivity index (χ4n) is 2.52. The number of hydrogen-bond donors (Lipinski definition) is 2. The summed E-state index contributed by atoms with van der Waals surface area (Å²) in [6, 6.07) is 10.4. The van der Waals surface area contributed by atoms with E-state index in [0.717, 1.165) is 19.0 Å². The van der Waals surface area contributed by atoms with Crippen LogP contribution in [0, 0.1) is 0 Å². The van der Waals surface area contributed by atoms with Gasteiger partial charge in [-0.2, -0.15) is 0 Å². The zero-order valence-electron chi connectivity index (χ0n) is 12.4. The van der Waals surface area contributed by atoms with Gasteiger partial charge in [0.25, 0.3) is 0 Å². The molecule has 0 atom stereocenters. The molecule has 1 aliphatic rings. The molecule has 0 saturated carbocycles. The number of benzene rings is 1. The molecule has 0 radical (unpaired) electrons. The van der Waals surface area contributed by atoms with Crippen LogP contribution in [0.1, 0.15) is 24.8 Å². The van der Waals surface area contributed by atoms with Gasteiger partial charge in [0.15, 0.2) is 5.96 Å². The second-order valence-corrected chi connectivity index (χ2v) is 5.24. The quantitative estimate of drug-likeness (QED) is 0.472. The lowest BCUT2D eigenvalue weighted by Gasteiger charge is -2.16. The first-order chi connectivity index (χ1) is 9.88. The first kappa shape index (κ1) is 14.9. The van der Waals surface area contributed by atoms with Crippen molar-refractivity contribution < 1.29 is 0 Å². The Morgan fingerprint density at radius 1 is 1.15 bits per heavy atom. The van der Waals surface area contributed by atoms with E-state index in [1.807, 2.05) is 13.1 Å². The molecule has 110 valence electrons. The Morgan fingerprint density at radius 3 is 2.60 bits per heavy atom. The van der Waals surface area contributed by atoms with Crippen LogP contribution in [0.15, 0.2) is 35.3 Å². The highest BCUT2D eigenvalue weighted by atomic mass is 15.2. The minimum Gasteiger partial charge on any atom is -0.356 e. The molecule has 1 heterocycles. The molecule has 0 unspecified atom stereocenters. The SMILES string of the molecule is CN=C(NCCCN1CCCC1)NCc1ccccc1. The van der Waals surface area contributed by atoms with Crippen molar-refractivity contribution in [1.82, 2.24) is 15.5 Å². The van der Waals surface area contributed by atoms with Gasteiger partial charge in [0, 0.05) is 20.1 Å². The van der Waals surface area contributed by atoms with Gasteiger partial charge >= 0.3 is 0 Å². The third-order valence-electron chi connectivity index (χ3n) is 3.67. The maximum atomic E-state index is 4.25. The first-order valence-corrected chi connectivity index (χ1v) is 7.59. The summed E-state index contributed by atoms with van der Waals surface area (Å²) < 4.78 is 0. The molecule has 0 spiro atoms. The average Bonchev–Trinajstić information content (AvgIpc) is 3.01. The van der Waals surface area contributed by atoms with Crippen molar-refractivity contribution in [1.29, 1.82) is 0 Å². The molecule has 1 fully saturated rings. The molecule has 20 heavy (non-hydrogen) atoms. The number of nitrogens with zero attached hydrogens (tertiary/aromatic N) is 2. The molecule has 0 bridgehead atoms. The highest BCUT2D eigenvalue weighted by Crippen LogP contribution is 2.06. The van der Waals surface area contributed by atoms with Crippen LogP contribution in [0.2, 0.25) is 0 Å². The van der Waals surface area contributed by atoms with E-state index >= 15 is 0 Å². The molecule has 1 aromatic carbocycles. The summed E-state index contributed by atoms with van der Waals surface area (Å²) >= 11 is 0. The number of aliphatic imine (C=N–C) groups is 1. The van der Waals surface area contributed by atoms with E-state index in [9.17, 15) is 0 Å². The predicted octanol–water partition coefficient (Wildman–Crippen LogP) is 1.84. The molecular formula is C16H26N4. The number of nitrogens with one attached hydrogen (secondary N) is 2. The standard InChI is InChI=1S/C16H26N4/c1-17-16(19-14-15-8-3-2-4-9-15)18-10-7-13-20-11-5-6-12-20/h2-4,8-9H,5-7,10-14H2,1H3,(H2,17,18,19). The van der Waals surface area contributed by atoms with Crippen LogP contribution in [0.4, 0.5) is 0 Å². The zero-order valence-corrected chi connectivity index (χ0v) is 12.4. The lowest BCUT2D eigenvalue weighted by Crippen LogP contribution is -2.38. The van der Waals surface area contributed by atoms with Crippen LogP contribution in [-0.2, 0) is 6.54 Å². The molecule has 4 heteroatoms. The van der Waals surface area contributed by atoms with Crippen molar-refractivity contribution in [3.63, 3.8) is 0 Å². The summed E-state index contributed by atoms with van der Waals surface area (Å²) in [6.45, 7) is 5.54. The van der Waals surface area contributed by atoms with Crippen LogP contribution in [0.3, 0.4) is 0 Å². The third kappa shape index (κ3) is 5.21. The summed E-state index contributed by atoms with van der Waals surface area (Å²) in [5, 5.41) is 6.72. The minimum atomic E-state index is 0.812. The Hall–Kier alpha value is -1.55. The summed E-state index contributed by atoms with van der Waals surface area (Å²) in [5.74, 6) is 0.885. The highest BCUT2D eigenvalue weighted by Gasteiger charge is 2.10. The molecule has 1 aliphatic heterocycles. The van der Waals surface area contributed by atoms with Crippen molar-refractivity contribution in [3.05, 3.63) is 35.9 Å². The second-order valence-electron chi connectivity index (χ2n) is 5.24. The number of likely N-dealkylation sites (tertiary alicyclic amines) is 1. The largest absolute Gasteiger partial charge is 0.356 e. The first-order valence-electron chi connectivity index (χ1n) is 7.59. The normalized spacial score (nSPS) is 16.4. The summed E-state index contributed by atoms with van der Waals surface area (Å²) in [5.41, 5.74) is 1.27. The summed E-state index contributed by atoms with van der Waals surface area (Å²) in [4.78, 5) is 6.80. The Kier molecular flexibility index (Phi) is 6.38. The highest BCUT2D eigenvalue weighted by molar-refractivity contribution is 5.79. The van der Waals surface area contributed by atoms with E-state index < -0.39 is 0 Å². The van der Waals surface area contributed by atoms with Gasteiger partial charge in [-0.25, -0.2) is 0 Å². The van der Waals surface area contributed by atoms with E-state index in [-0.39, 0.29) is 0 Å². The van der Waals surface area contributed by atoms with Crippen molar-refractivity contribution in [3.8, 4) is 0 Å². The maximum Gasteiger partial charge on any atom is 0.191 e. The van der Waals surface area contributed by atoms with Gasteiger partial charge in [-0.05, 0) is 44.5 Å². The van der Waals surface area contributed by atoms with Gasteiger partial charge in [-0.15, -0.1) is 0 Å². The number of guanidine groups is 1. The van der Waals surface area contributed by atoms with Crippen LogP contribution in [0.25, 0.3) is 0 Å². The van der Waals surface area contributed by atoms with E-state index in [1.54, 1.807) is 0 Å². The molecule has 1 saturated heterocycles. The lowest BCUT2D eigenvalue weighted by molar-refractivity contribution is 0.334. The molecule has 0 aliphatic carbocycles. The smallest absolute Gasteiger partial charge is 0.191 e. The Morgan fingerprint density at radius 2 is 1.90 bits per heavy atom. The number of hydrogen-bond acceptors (Lipinski definition) is 2. The minimum absolute atomic E-state index is 0.812. The van der Waals surface area contributed by atoms with Gasteiger partial charge in [0.2, 0.25) is 0 Å². The Balaban J connectivity index is 1.60. The van der Waals surface area contributed by atoms with Crippen LogP contribution < -0.4 is 10.6 Å². The van der Waals surface area contributed by atoms with Gasteiger partial charge < -0.3 is 15.5 Å². The van der Waals surface area contributed by atoms with Crippen LogP contribution in [-0.4, -0.2) is 44.1 Å². The van der Waals surface area contributed by atoms with Gasteiger partial charge in [-0.1, -0.05) is 30.3 Å². The van der Waals surface area contributed by atoms with Gasteiger partial charge in [0.05, 0.1) is 0 Å². The zero-order chi connectivity index (χ0) is 14.0. The Labute approximate surface area is 122 Å². The van der Waals surface area contributed by atoms with Crippen molar-refractivity contribution >= 4 is 5.96 Å². The van der Waals surface area contributed by atoms with Gasteiger partial charge in [0.1, 0.15) is 0 Å². The lowest BCUT2D eigenvalue weighted by atomic mass is 10.2. The van der Waals surface area contributed by atoms with Crippen LogP contribution >= 0.6 is 0 Å². The third-order valence-corrected chi connectivity index (χ3v) is 3.67. The van der Waals surface area contributed by atoms with Crippen molar-refractivity contribution in [2.75, 3.05) is 33.2 Å². The number of rotatable bonds is 6. The van der Waals surface area contributed by atoms with E-state index in [1.165, 1.54) is 44.5 Å². The Bertz CT molecular complexity index is 396. The molecule has 0 aromatic heterocycles. The second kappa shape index (κ2) is 8.59. The monoisotopic (exact) mass is 274 g/mol. The van der Waals surface area contributed by atoms with E-state index in [0.29, 0.717) is 0 Å².